The van der Waals surface area contributed by atoms with Gasteiger partial charge in [0.15, 0.2) is 0 Å². The molecule has 1 aromatic carbocycles. The van der Waals surface area contributed by atoms with Crippen molar-refractivity contribution in [1.29, 1.82) is 0 Å². The fourth-order valence-electron chi connectivity index (χ4n) is 2.15. The predicted octanol–water partition coefficient (Wildman–Crippen LogP) is 2.40. The fourth-order valence-corrected chi connectivity index (χ4v) is 2.15. The van der Waals surface area contributed by atoms with Gasteiger partial charge in [0.05, 0.1) is 41.3 Å². The Morgan fingerprint density at radius 1 is 1.38 bits per heavy atom. The summed E-state index contributed by atoms with van der Waals surface area (Å²) in [6.07, 6.45) is 1.63. The molecule has 0 radical (unpaired) electrons. The molecular formula is C16H23N3O2. The monoisotopic (exact) mass is 289 g/mol. The first-order chi connectivity index (χ1) is 9.93. The number of aliphatic hydroxyl groups is 1. The van der Waals surface area contributed by atoms with Crippen molar-refractivity contribution in [2.75, 3.05) is 24.3 Å². The topological polar surface area (TPSA) is 80.4 Å². The third-order valence-corrected chi connectivity index (χ3v) is 3.46. The molecule has 2 rings (SSSR count). The molecule has 1 atom stereocenters. The second-order valence-electron chi connectivity index (χ2n) is 5.62. The van der Waals surface area contributed by atoms with Crippen LogP contribution in [0.3, 0.4) is 0 Å². The number of pyridine rings is 1. The maximum atomic E-state index is 10.3. The summed E-state index contributed by atoms with van der Waals surface area (Å²) < 4.78 is 5.47. The van der Waals surface area contributed by atoms with Gasteiger partial charge in [0, 0.05) is 12.0 Å². The lowest BCUT2D eigenvalue weighted by atomic mass is 9.98. The molecule has 114 valence electrons. The number of nitrogens with two attached hydrogens (primary N) is 1. The van der Waals surface area contributed by atoms with E-state index < -0.39 is 5.60 Å². The number of fused-ring (bicyclic) bond motifs is 1. The minimum absolute atomic E-state index is 0.273. The van der Waals surface area contributed by atoms with Gasteiger partial charge in [-0.3, -0.25) is 4.98 Å². The van der Waals surface area contributed by atoms with Crippen molar-refractivity contribution in [3.8, 4) is 0 Å². The number of benzene rings is 1. The number of nitrogens with one attached hydrogen (secondary N) is 1. The number of anilines is 2. The van der Waals surface area contributed by atoms with Gasteiger partial charge in [-0.2, -0.15) is 0 Å². The normalized spacial score (nSPS) is 13.3. The summed E-state index contributed by atoms with van der Waals surface area (Å²) in [5.41, 5.74) is 7.32. The van der Waals surface area contributed by atoms with Crippen molar-refractivity contribution in [3.63, 3.8) is 0 Å². The summed E-state index contributed by atoms with van der Waals surface area (Å²) in [5.74, 6) is 0. The number of para-hydroxylation sites is 1. The van der Waals surface area contributed by atoms with Crippen LogP contribution in [-0.4, -0.2) is 34.9 Å². The Bertz CT molecular complexity index is 608. The second kappa shape index (κ2) is 6.28. The largest absolute Gasteiger partial charge is 0.396 e. The maximum Gasteiger partial charge on any atom is 0.0814 e. The molecule has 5 heteroatoms. The molecule has 0 spiro atoms. The summed E-state index contributed by atoms with van der Waals surface area (Å²) in [5, 5.41) is 14.6. The Balaban J connectivity index is 2.38. The summed E-state index contributed by atoms with van der Waals surface area (Å²) in [6.45, 7) is 6.43. The molecule has 0 saturated carbocycles. The molecule has 21 heavy (non-hydrogen) atoms. The van der Waals surface area contributed by atoms with E-state index in [1.807, 2.05) is 31.2 Å². The Morgan fingerprint density at radius 3 is 2.76 bits per heavy atom. The van der Waals surface area contributed by atoms with E-state index in [-0.39, 0.29) is 6.04 Å². The van der Waals surface area contributed by atoms with Gasteiger partial charge in [0.2, 0.25) is 0 Å². The zero-order valence-electron chi connectivity index (χ0n) is 12.8. The first-order valence-electron chi connectivity index (χ1n) is 7.13. The lowest BCUT2D eigenvalue weighted by Crippen LogP contribution is -2.45. The Kier molecular flexibility index (Phi) is 4.65. The molecule has 0 fully saturated rings. The Hall–Kier alpha value is -1.85. The molecule has 4 N–H and O–H groups in total. The van der Waals surface area contributed by atoms with E-state index in [1.54, 1.807) is 20.0 Å². The van der Waals surface area contributed by atoms with Gasteiger partial charge in [0.1, 0.15) is 0 Å². The summed E-state index contributed by atoms with van der Waals surface area (Å²) in [6, 6.07) is 7.50. The van der Waals surface area contributed by atoms with E-state index in [0.717, 1.165) is 16.6 Å². The zero-order valence-corrected chi connectivity index (χ0v) is 12.8. The van der Waals surface area contributed by atoms with E-state index in [2.05, 4.69) is 10.3 Å². The highest BCUT2D eigenvalue weighted by atomic mass is 16.5. The highest BCUT2D eigenvalue weighted by Gasteiger charge is 2.28. The molecule has 0 aliphatic carbocycles. The van der Waals surface area contributed by atoms with Crippen LogP contribution in [0.2, 0.25) is 0 Å². The standard InChI is InChI=1S/C16H23N3O2/c1-4-21-10-14(16(2,3)20)19-15-11-7-5-6-8-13(11)18-9-12(15)17/h5-9,14,20H,4,10,17H2,1-3H3,(H,18,19). The van der Waals surface area contributed by atoms with Crippen LogP contribution in [0.4, 0.5) is 11.4 Å². The number of aromatic nitrogens is 1. The Labute approximate surface area is 125 Å². The Morgan fingerprint density at radius 2 is 2.10 bits per heavy atom. The highest BCUT2D eigenvalue weighted by Crippen LogP contribution is 2.29. The SMILES string of the molecule is CCOCC(Nc1c(N)cnc2ccccc12)C(C)(C)O. The van der Waals surface area contributed by atoms with Gasteiger partial charge in [0.25, 0.3) is 0 Å². The number of ether oxygens (including phenoxy) is 1. The van der Waals surface area contributed by atoms with E-state index in [9.17, 15) is 5.11 Å². The van der Waals surface area contributed by atoms with Crippen molar-refractivity contribution in [2.24, 2.45) is 0 Å². The molecule has 1 aromatic heterocycles. The highest BCUT2D eigenvalue weighted by molar-refractivity contribution is 5.97. The third-order valence-electron chi connectivity index (χ3n) is 3.46. The van der Waals surface area contributed by atoms with E-state index >= 15 is 0 Å². The summed E-state index contributed by atoms with van der Waals surface area (Å²) in [7, 11) is 0. The van der Waals surface area contributed by atoms with Crippen molar-refractivity contribution in [2.45, 2.75) is 32.4 Å². The maximum absolute atomic E-state index is 10.3. The molecular weight excluding hydrogens is 266 g/mol. The van der Waals surface area contributed by atoms with Crippen LogP contribution >= 0.6 is 0 Å². The molecule has 0 amide bonds. The van der Waals surface area contributed by atoms with Gasteiger partial charge in [-0.1, -0.05) is 18.2 Å². The third kappa shape index (κ3) is 3.62. The van der Waals surface area contributed by atoms with Crippen LogP contribution in [0.1, 0.15) is 20.8 Å². The molecule has 0 aliphatic heterocycles. The van der Waals surface area contributed by atoms with Gasteiger partial charge >= 0.3 is 0 Å². The van der Waals surface area contributed by atoms with Crippen LogP contribution in [0.25, 0.3) is 10.9 Å². The minimum Gasteiger partial charge on any atom is -0.396 e. The van der Waals surface area contributed by atoms with Crippen molar-refractivity contribution < 1.29 is 9.84 Å². The van der Waals surface area contributed by atoms with Crippen LogP contribution < -0.4 is 11.1 Å². The van der Waals surface area contributed by atoms with Gasteiger partial charge < -0.3 is 20.9 Å². The first kappa shape index (κ1) is 15.5. The number of hydrogen-bond donors (Lipinski definition) is 3. The van der Waals surface area contributed by atoms with Crippen LogP contribution in [0.15, 0.2) is 30.5 Å². The molecule has 5 nitrogen and oxygen atoms in total. The average molecular weight is 289 g/mol. The number of hydrogen-bond acceptors (Lipinski definition) is 5. The number of nitrogen functional groups attached to an aromatic ring is 1. The summed E-state index contributed by atoms with van der Waals surface area (Å²) in [4.78, 5) is 4.31. The lowest BCUT2D eigenvalue weighted by Gasteiger charge is -2.31. The molecule has 0 aliphatic rings. The van der Waals surface area contributed by atoms with Gasteiger partial charge in [-0.25, -0.2) is 0 Å². The molecule has 1 heterocycles. The molecule has 0 saturated heterocycles. The van der Waals surface area contributed by atoms with Gasteiger partial charge in [-0.05, 0) is 26.8 Å². The van der Waals surface area contributed by atoms with Crippen LogP contribution in [0, 0.1) is 0 Å². The number of nitrogens with zero attached hydrogens (tertiary/aromatic N) is 1. The van der Waals surface area contributed by atoms with E-state index in [0.29, 0.717) is 18.9 Å². The van der Waals surface area contributed by atoms with Crippen molar-refractivity contribution in [3.05, 3.63) is 30.5 Å². The minimum atomic E-state index is -0.939. The lowest BCUT2D eigenvalue weighted by molar-refractivity contribution is 0.0183. The zero-order chi connectivity index (χ0) is 15.5. The van der Waals surface area contributed by atoms with Crippen LogP contribution in [0.5, 0.6) is 0 Å². The van der Waals surface area contributed by atoms with Gasteiger partial charge in [-0.15, -0.1) is 0 Å². The fraction of sp³-hybridized carbons (Fsp3) is 0.438. The predicted molar refractivity (Wildman–Crippen MR) is 86.4 cm³/mol. The van der Waals surface area contributed by atoms with Crippen molar-refractivity contribution in [1.82, 2.24) is 4.98 Å². The van der Waals surface area contributed by atoms with E-state index in [1.165, 1.54) is 0 Å². The average Bonchev–Trinajstić information content (AvgIpc) is 2.44. The molecule has 0 bridgehead atoms. The van der Waals surface area contributed by atoms with Crippen LogP contribution in [-0.2, 0) is 4.74 Å². The van der Waals surface area contributed by atoms with E-state index in [4.69, 9.17) is 10.5 Å². The smallest absolute Gasteiger partial charge is 0.0814 e. The second-order valence-corrected chi connectivity index (χ2v) is 5.62. The molecule has 1 unspecified atom stereocenters. The molecule has 2 aromatic rings. The first-order valence-corrected chi connectivity index (χ1v) is 7.13. The van der Waals surface area contributed by atoms with Crippen molar-refractivity contribution >= 4 is 22.3 Å². The quantitative estimate of drug-likeness (QED) is 0.761. The number of rotatable bonds is 6. The summed E-state index contributed by atoms with van der Waals surface area (Å²) >= 11 is 0.